The fourth-order valence-electron chi connectivity index (χ4n) is 2.67. The lowest BCUT2D eigenvalue weighted by molar-refractivity contribution is 0.0381. The first-order chi connectivity index (χ1) is 12.6. The van der Waals surface area contributed by atoms with Gasteiger partial charge in [-0.15, -0.1) is 0 Å². The zero-order valence-corrected chi connectivity index (χ0v) is 14.1. The number of fused-ring (bicyclic) bond motifs is 1. The molecule has 0 spiro atoms. The van der Waals surface area contributed by atoms with Crippen LogP contribution in [0.25, 0.3) is 11.0 Å². The van der Waals surface area contributed by atoms with Crippen LogP contribution in [0.2, 0.25) is 0 Å². The Labute approximate surface area is 147 Å². The van der Waals surface area contributed by atoms with Gasteiger partial charge in [-0.3, -0.25) is 4.57 Å². The van der Waals surface area contributed by atoms with Gasteiger partial charge >= 0.3 is 12.5 Å². The van der Waals surface area contributed by atoms with Gasteiger partial charge < -0.3 is 14.2 Å². The summed E-state index contributed by atoms with van der Waals surface area (Å²) in [7, 11) is 2.81. The number of halogens is 2. The monoisotopic (exact) mass is 362 g/mol. The van der Waals surface area contributed by atoms with Crippen LogP contribution in [0.1, 0.15) is 22.7 Å². The number of nitrogens with zero attached hydrogens (tertiary/aromatic N) is 2. The number of aromatic nitrogens is 2. The molecule has 0 radical (unpaired) electrons. The third kappa shape index (κ3) is 3.17. The van der Waals surface area contributed by atoms with Crippen LogP contribution in [-0.2, 0) is 11.3 Å². The van der Waals surface area contributed by atoms with Crippen LogP contribution < -0.4 is 9.47 Å². The van der Waals surface area contributed by atoms with Crippen LogP contribution >= 0.6 is 0 Å². The Bertz CT molecular complexity index is 918. The first-order valence-corrected chi connectivity index (χ1v) is 7.69. The van der Waals surface area contributed by atoms with Crippen molar-refractivity contribution in [2.24, 2.45) is 0 Å². The summed E-state index contributed by atoms with van der Waals surface area (Å²) in [6, 6.07) is 11.3. The standard InChI is InChI=1S/C18H16F2N2O4/c1-24-13-8-5-9-14(25-2)16(13)17(23)26-10-15-21-11-6-3-4-7-12(11)22(15)18(19)20/h3-9,18H,10H2,1-2H3. The Morgan fingerprint density at radius 1 is 1.08 bits per heavy atom. The van der Waals surface area contributed by atoms with Gasteiger partial charge in [0.2, 0.25) is 0 Å². The summed E-state index contributed by atoms with van der Waals surface area (Å²) in [5.41, 5.74) is 0.745. The van der Waals surface area contributed by atoms with E-state index in [9.17, 15) is 13.6 Å². The smallest absolute Gasteiger partial charge is 0.346 e. The van der Waals surface area contributed by atoms with Crippen molar-refractivity contribution < 1.29 is 27.8 Å². The molecular formula is C18H16F2N2O4. The van der Waals surface area contributed by atoms with Crippen molar-refractivity contribution in [2.45, 2.75) is 13.2 Å². The van der Waals surface area contributed by atoms with Gasteiger partial charge in [-0.05, 0) is 24.3 Å². The largest absolute Gasteiger partial charge is 0.496 e. The first-order valence-electron chi connectivity index (χ1n) is 7.69. The van der Waals surface area contributed by atoms with Gasteiger partial charge in [0.25, 0.3) is 0 Å². The van der Waals surface area contributed by atoms with Gasteiger partial charge in [0, 0.05) is 0 Å². The van der Waals surface area contributed by atoms with Crippen LogP contribution in [0.15, 0.2) is 42.5 Å². The number of para-hydroxylation sites is 2. The number of benzene rings is 2. The lowest BCUT2D eigenvalue weighted by Gasteiger charge is -2.13. The molecule has 1 aromatic heterocycles. The summed E-state index contributed by atoms with van der Waals surface area (Å²) < 4.78 is 43.1. The van der Waals surface area contributed by atoms with E-state index in [1.165, 1.54) is 20.3 Å². The molecule has 1 heterocycles. The number of esters is 1. The molecule has 0 amide bonds. The highest BCUT2D eigenvalue weighted by molar-refractivity contribution is 5.95. The molecule has 3 aromatic rings. The molecular weight excluding hydrogens is 346 g/mol. The van der Waals surface area contributed by atoms with Crippen molar-refractivity contribution in [1.82, 2.24) is 9.55 Å². The third-order valence-electron chi connectivity index (χ3n) is 3.83. The molecule has 0 unspecified atom stereocenters. The average molecular weight is 362 g/mol. The predicted octanol–water partition coefficient (Wildman–Crippen LogP) is 3.81. The van der Waals surface area contributed by atoms with E-state index in [0.29, 0.717) is 5.52 Å². The van der Waals surface area contributed by atoms with E-state index in [4.69, 9.17) is 14.2 Å². The van der Waals surface area contributed by atoms with Gasteiger partial charge in [0.05, 0.1) is 25.3 Å². The molecule has 0 aliphatic rings. The maximum absolute atomic E-state index is 13.4. The molecule has 8 heteroatoms. The molecule has 0 fully saturated rings. The number of hydrogen-bond donors (Lipinski definition) is 0. The van der Waals surface area contributed by atoms with E-state index in [0.717, 1.165) is 4.57 Å². The average Bonchev–Trinajstić information content (AvgIpc) is 3.03. The number of carbonyl (C=O) groups excluding carboxylic acids is 1. The molecule has 0 aliphatic carbocycles. The normalized spacial score (nSPS) is 11.0. The van der Waals surface area contributed by atoms with Gasteiger partial charge in [0.1, 0.15) is 23.7 Å². The quantitative estimate of drug-likeness (QED) is 0.624. The fourth-order valence-corrected chi connectivity index (χ4v) is 2.67. The number of carbonyl (C=O) groups is 1. The van der Waals surface area contributed by atoms with Crippen LogP contribution in [0.3, 0.4) is 0 Å². The van der Waals surface area contributed by atoms with Crippen molar-refractivity contribution in [2.75, 3.05) is 14.2 Å². The highest BCUT2D eigenvalue weighted by atomic mass is 19.3. The predicted molar refractivity (Wildman–Crippen MR) is 89.7 cm³/mol. The number of methoxy groups -OCH3 is 2. The van der Waals surface area contributed by atoms with E-state index in [-0.39, 0.29) is 28.4 Å². The zero-order chi connectivity index (χ0) is 18.7. The van der Waals surface area contributed by atoms with Gasteiger partial charge in [0.15, 0.2) is 5.82 Å². The molecule has 26 heavy (non-hydrogen) atoms. The molecule has 0 saturated heterocycles. The number of rotatable bonds is 6. The molecule has 3 rings (SSSR count). The molecule has 0 N–H and O–H groups in total. The molecule has 0 bridgehead atoms. The minimum Gasteiger partial charge on any atom is -0.496 e. The van der Waals surface area contributed by atoms with Gasteiger partial charge in [-0.25, -0.2) is 9.78 Å². The van der Waals surface area contributed by atoms with Gasteiger partial charge in [-0.2, -0.15) is 8.78 Å². The summed E-state index contributed by atoms with van der Waals surface area (Å²) in [5, 5.41) is 0. The van der Waals surface area contributed by atoms with Crippen molar-refractivity contribution >= 4 is 17.0 Å². The van der Waals surface area contributed by atoms with E-state index in [1.54, 1.807) is 36.4 Å². The SMILES string of the molecule is COc1cccc(OC)c1C(=O)OCc1nc2ccccc2n1C(F)F. The first kappa shape index (κ1) is 17.7. The van der Waals surface area contributed by atoms with Crippen molar-refractivity contribution in [3.8, 4) is 11.5 Å². The van der Waals surface area contributed by atoms with Crippen molar-refractivity contribution in [1.29, 1.82) is 0 Å². The molecule has 2 aromatic carbocycles. The second kappa shape index (κ2) is 7.38. The van der Waals surface area contributed by atoms with Crippen LogP contribution in [-0.4, -0.2) is 29.7 Å². The number of alkyl halides is 2. The Morgan fingerprint density at radius 3 is 2.35 bits per heavy atom. The maximum Gasteiger partial charge on any atom is 0.346 e. The highest BCUT2D eigenvalue weighted by Crippen LogP contribution is 2.30. The van der Waals surface area contributed by atoms with Crippen molar-refractivity contribution in [3.63, 3.8) is 0 Å². The van der Waals surface area contributed by atoms with E-state index < -0.39 is 19.1 Å². The maximum atomic E-state index is 13.4. The van der Waals surface area contributed by atoms with Gasteiger partial charge in [-0.1, -0.05) is 18.2 Å². The number of ether oxygens (including phenoxy) is 3. The third-order valence-corrected chi connectivity index (χ3v) is 3.83. The molecule has 0 aliphatic heterocycles. The highest BCUT2D eigenvalue weighted by Gasteiger charge is 2.22. The Balaban J connectivity index is 1.89. The van der Waals surface area contributed by atoms with E-state index in [1.807, 2.05) is 0 Å². The Morgan fingerprint density at radius 2 is 1.73 bits per heavy atom. The molecule has 136 valence electrons. The van der Waals surface area contributed by atoms with Crippen molar-refractivity contribution in [3.05, 3.63) is 53.9 Å². The second-order valence-electron chi connectivity index (χ2n) is 5.28. The van der Waals surface area contributed by atoms with Crippen LogP contribution in [0, 0.1) is 0 Å². The Hall–Kier alpha value is -3.16. The van der Waals surface area contributed by atoms with E-state index >= 15 is 0 Å². The molecule has 0 atom stereocenters. The summed E-state index contributed by atoms with van der Waals surface area (Å²) in [4.78, 5) is 16.6. The summed E-state index contributed by atoms with van der Waals surface area (Å²) in [6.45, 7) is -3.23. The van der Waals surface area contributed by atoms with Crippen LogP contribution in [0.4, 0.5) is 8.78 Å². The van der Waals surface area contributed by atoms with E-state index in [2.05, 4.69) is 4.98 Å². The molecule has 0 saturated carbocycles. The summed E-state index contributed by atoms with van der Waals surface area (Å²) >= 11 is 0. The topological polar surface area (TPSA) is 62.6 Å². The Kier molecular flexibility index (Phi) is 5.01. The lowest BCUT2D eigenvalue weighted by atomic mass is 10.2. The minimum absolute atomic E-state index is 0.0524. The fraction of sp³-hybridized carbons (Fsp3) is 0.222. The summed E-state index contributed by atoms with van der Waals surface area (Å²) in [5.74, 6) is -0.288. The number of imidazole rings is 1. The van der Waals surface area contributed by atoms with Crippen LogP contribution in [0.5, 0.6) is 11.5 Å². The minimum atomic E-state index is -2.81. The molecule has 6 nitrogen and oxygen atoms in total. The zero-order valence-electron chi connectivity index (χ0n) is 14.1. The lowest BCUT2D eigenvalue weighted by Crippen LogP contribution is -2.12. The summed E-state index contributed by atoms with van der Waals surface area (Å²) in [6.07, 6.45) is 0. The number of hydrogen-bond acceptors (Lipinski definition) is 5. The second-order valence-corrected chi connectivity index (χ2v) is 5.28.